The molecular weight excluding hydrogens is 108 g/mol. The van der Waals surface area contributed by atoms with Crippen LogP contribution in [0.5, 0.6) is 0 Å². The molecule has 0 heterocycles. The topological polar surface area (TPSA) is 0 Å². The summed E-state index contributed by atoms with van der Waals surface area (Å²) in [5, 5.41) is 0. The maximum Gasteiger partial charge on any atom is 0.00869 e. The summed E-state index contributed by atoms with van der Waals surface area (Å²) >= 11 is 0. The van der Waals surface area contributed by atoms with Crippen molar-refractivity contribution in [1.82, 2.24) is 0 Å². The highest BCUT2D eigenvalue weighted by molar-refractivity contribution is 5.43. The van der Waals surface area contributed by atoms with Crippen molar-refractivity contribution in [2.24, 2.45) is 0 Å². The van der Waals surface area contributed by atoms with Gasteiger partial charge >= 0.3 is 0 Å². The van der Waals surface area contributed by atoms with Crippen molar-refractivity contribution in [3.8, 4) is 0 Å². The Balaban J connectivity index is 2.41. The van der Waals surface area contributed by atoms with Crippen LogP contribution in [0.3, 0.4) is 0 Å². The molecule has 0 aromatic heterocycles. The molecule has 0 spiro atoms. The fourth-order valence-electron chi connectivity index (χ4n) is 1.56. The molecule has 0 saturated carbocycles. The van der Waals surface area contributed by atoms with Crippen molar-refractivity contribution in [1.29, 1.82) is 0 Å². The quantitative estimate of drug-likeness (QED) is 0.531. The molecule has 1 aromatic carbocycles. The molecule has 2 aliphatic carbocycles. The first kappa shape index (κ1) is 5.04. The van der Waals surface area contributed by atoms with Crippen LogP contribution in [0.2, 0.25) is 0 Å². The van der Waals surface area contributed by atoms with E-state index in [0.29, 0.717) is 0 Å². The predicted molar refractivity (Wildman–Crippen MR) is 38.6 cm³/mol. The molecule has 2 aliphatic rings. The van der Waals surface area contributed by atoms with E-state index >= 15 is 0 Å². The lowest BCUT2D eigenvalue weighted by atomic mass is 9.79. The number of fused-ring (bicyclic) bond motifs is 2. The standard InChI is InChI=1S/C9H10/c1-2-9-7-4-3-5-8(9)6-7/h3-6,9H,2H2,1H3. The van der Waals surface area contributed by atoms with Gasteiger partial charge in [0, 0.05) is 5.92 Å². The number of rotatable bonds is 1. The first-order valence-electron chi connectivity index (χ1n) is 3.51. The van der Waals surface area contributed by atoms with Crippen LogP contribution in [-0.2, 0) is 0 Å². The fourth-order valence-corrected chi connectivity index (χ4v) is 1.56. The smallest absolute Gasteiger partial charge is 0.00869 e. The van der Waals surface area contributed by atoms with Crippen molar-refractivity contribution >= 4 is 0 Å². The lowest BCUT2D eigenvalue weighted by Gasteiger charge is -2.25. The summed E-state index contributed by atoms with van der Waals surface area (Å²) in [6.45, 7) is 2.24. The second-order valence-corrected chi connectivity index (χ2v) is 2.63. The number of benzene rings is 1. The Bertz CT molecular complexity index is 198. The van der Waals surface area contributed by atoms with E-state index in [2.05, 4.69) is 31.2 Å². The van der Waals surface area contributed by atoms with E-state index in [0.717, 1.165) is 5.92 Å². The second-order valence-electron chi connectivity index (χ2n) is 2.63. The molecule has 0 unspecified atom stereocenters. The first-order valence-corrected chi connectivity index (χ1v) is 3.51. The van der Waals surface area contributed by atoms with Crippen molar-refractivity contribution in [3.63, 3.8) is 0 Å². The molecule has 0 amide bonds. The summed E-state index contributed by atoms with van der Waals surface area (Å²) in [5.41, 5.74) is 3.05. The van der Waals surface area contributed by atoms with E-state index in [1.165, 1.54) is 17.5 Å². The summed E-state index contributed by atoms with van der Waals surface area (Å²) in [5.74, 6) is 0.787. The van der Waals surface area contributed by atoms with Crippen LogP contribution in [-0.4, -0.2) is 0 Å². The lowest BCUT2D eigenvalue weighted by molar-refractivity contribution is 0.732. The molecular formula is C9H10. The van der Waals surface area contributed by atoms with Gasteiger partial charge in [-0.3, -0.25) is 0 Å². The van der Waals surface area contributed by atoms with Gasteiger partial charge < -0.3 is 0 Å². The van der Waals surface area contributed by atoms with E-state index in [4.69, 9.17) is 0 Å². The van der Waals surface area contributed by atoms with Crippen molar-refractivity contribution in [3.05, 3.63) is 35.4 Å². The highest BCUT2D eigenvalue weighted by atomic mass is 14.2. The monoisotopic (exact) mass is 118 g/mol. The highest BCUT2D eigenvalue weighted by Crippen LogP contribution is 2.36. The van der Waals surface area contributed by atoms with E-state index in [-0.39, 0.29) is 0 Å². The molecule has 0 aliphatic heterocycles. The Morgan fingerprint density at radius 3 is 2.33 bits per heavy atom. The third-order valence-corrected chi connectivity index (χ3v) is 2.12. The predicted octanol–water partition coefficient (Wildman–Crippen LogP) is 2.54. The Morgan fingerprint density at radius 1 is 1.33 bits per heavy atom. The van der Waals surface area contributed by atoms with E-state index in [9.17, 15) is 0 Å². The fraction of sp³-hybridized carbons (Fsp3) is 0.333. The lowest BCUT2D eigenvalue weighted by Crippen LogP contribution is -2.08. The van der Waals surface area contributed by atoms with Crippen LogP contribution in [0.1, 0.15) is 30.4 Å². The highest BCUT2D eigenvalue weighted by Gasteiger charge is 2.19. The van der Waals surface area contributed by atoms with E-state index in [1.54, 1.807) is 0 Å². The van der Waals surface area contributed by atoms with E-state index < -0.39 is 0 Å². The summed E-state index contributed by atoms with van der Waals surface area (Å²) in [7, 11) is 0. The maximum absolute atomic E-state index is 2.27. The Labute approximate surface area is 55.5 Å². The average molecular weight is 118 g/mol. The third-order valence-electron chi connectivity index (χ3n) is 2.12. The molecule has 0 heteroatoms. The van der Waals surface area contributed by atoms with Crippen molar-refractivity contribution in [2.75, 3.05) is 0 Å². The minimum absolute atomic E-state index is 0.787. The van der Waals surface area contributed by atoms with Crippen molar-refractivity contribution < 1.29 is 0 Å². The SMILES string of the molecule is CCC1c2cccc1c2. The minimum Gasteiger partial charge on any atom is -0.0645 e. The zero-order valence-corrected chi connectivity index (χ0v) is 5.59. The summed E-state index contributed by atoms with van der Waals surface area (Å²) in [4.78, 5) is 0. The normalized spacial score (nSPS) is 15.2. The Hall–Kier alpha value is -0.780. The summed E-state index contributed by atoms with van der Waals surface area (Å²) in [6, 6.07) is 8.83. The molecule has 0 nitrogen and oxygen atoms in total. The largest absolute Gasteiger partial charge is 0.0645 e. The van der Waals surface area contributed by atoms with Crippen LogP contribution in [0, 0.1) is 0 Å². The van der Waals surface area contributed by atoms with Gasteiger partial charge in [0.05, 0.1) is 0 Å². The van der Waals surface area contributed by atoms with Crippen LogP contribution >= 0.6 is 0 Å². The van der Waals surface area contributed by atoms with Gasteiger partial charge in [0.2, 0.25) is 0 Å². The van der Waals surface area contributed by atoms with E-state index in [1.807, 2.05) is 0 Å². The molecule has 46 valence electrons. The van der Waals surface area contributed by atoms with Gasteiger partial charge in [-0.05, 0) is 17.5 Å². The molecule has 1 aromatic rings. The van der Waals surface area contributed by atoms with Gasteiger partial charge in [0.15, 0.2) is 0 Å². The third kappa shape index (κ3) is 0.533. The molecule has 2 bridgehead atoms. The van der Waals surface area contributed by atoms with Gasteiger partial charge in [-0.15, -0.1) is 0 Å². The molecule has 3 rings (SSSR count). The van der Waals surface area contributed by atoms with Crippen LogP contribution in [0.4, 0.5) is 0 Å². The zero-order chi connectivity index (χ0) is 6.27. The van der Waals surface area contributed by atoms with Gasteiger partial charge in [-0.1, -0.05) is 31.2 Å². The van der Waals surface area contributed by atoms with Crippen molar-refractivity contribution in [2.45, 2.75) is 19.3 Å². The molecule has 0 fully saturated rings. The maximum atomic E-state index is 2.27. The minimum atomic E-state index is 0.787. The molecule has 0 N–H and O–H groups in total. The van der Waals surface area contributed by atoms with Gasteiger partial charge in [-0.25, -0.2) is 0 Å². The Kier molecular flexibility index (Phi) is 0.895. The first-order chi connectivity index (χ1) is 4.42. The molecule has 0 atom stereocenters. The van der Waals surface area contributed by atoms with Gasteiger partial charge in [0.25, 0.3) is 0 Å². The van der Waals surface area contributed by atoms with Gasteiger partial charge in [0.1, 0.15) is 0 Å². The average Bonchev–Trinajstić information content (AvgIpc) is 1.90. The number of hydrogen-bond acceptors (Lipinski definition) is 0. The molecule has 9 heavy (non-hydrogen) atoms. The molecule has 0 radical (unpaired) electrons. The van der Waals surface area contributed by atoms with Crippen LogP contribution in [0.15, 0.2) is 24.3 Å². The van der Waals surface area contributed by atoms with Crippen LogP contribution < -0.4 is 0 Å². The second kappa shape index (κ2) is 1.60. The van der Waals surface area contributed by atoms with Gasteiger partial charge in [-0.2, -0.15) is 0 Å². The Morgan fingerprint density at radius 2 is 2.00 bits per heavy atom. The number of hydrogen-bond donors (Lipinski definition) is 0. The van der Waals surface area contributed by atoms with Crippen LogP contribution in [0.25, 0.3) is 0 Å². The summed E-state index contributed by atoms with van der Waals surface area (Å²) < 4.78 is 0. The zero-order valence-electron chi connectivity index (χ0n) is 5.59. The summed E-state index contributed by atoms with van der Waals surface area (Å²) in [6.07, 6.45) is 1.27. The molecule has 0 saturated heterocycles.